The highest BCUT2D eigenvalue weighted by atomic mass is 35.5. The van der Waals surface area contributed by atoms with Crippen molar-refractivity contribution in [1.29, 1.82) is 0 Å². The number of ether oxygens (including phenoxy) is 2. The van der Waals surface area contributed by atoms with Crippen LogP contribution in [0.1, 0.15) is 5.56 Å². The highest BCUT2D eigenvalue weighted by molar-refractivity contribution is 6.39. The summed E-state index contributed by atoms with van der Waals surface area (Å²) in [6, 6.07) is 9.02. The fourth-order valence-electron chi connectivity index (χ4n) is 2.37. The summed E-state index contributed by atoms with van der Waals surface area (Å²) >= 11 is 12.0. The van der Waals surface area contributed by atoms with E-state index in [1.54, 1.807) is 18.2 Å². The molecule has 0 aliphatic rings. The minimum atomic E-state index is -2.98. The van der Waals surface area contributed by atoms with Gasteiger partial charge in [-0.2, -0.15) is 8.78 Å². The number of para-hydroxylation sites is 1. The summed E-state index contributed by atoms with van der Waals surface area (Å²) in [5.41, 5.74) is 0.781. The van der Waals surface area contributed by atoms with E-state index in [4.69, 9.17) is 27.9 Å². The minimum absolute atomic E-state index is 0.0919. The van der Waals surface area contributed by atoms with E-state index in [1.165, 1.54) is 49.4 Å². The van der Waals surface area contributed by atoms with Gasteiger partial charge >= 0.3 is 6.61 Å². The summed E-state index contributed by atoms with van der Waals surface area (Å²) in [5, 5.41) is 3.11. The second-order valence-electron chi connectivity index (χ2n) is 5.96. The second-order valence-corrected chi connectivity index (χ2v) is 6.78. The van der Waals surface area contributed by atoms with Gasteiger partial charge in [0, 0.05) is 13.1 Å². The van der Waals surface area contributed by atoms with Crippen molar-refractivity contribution in [3.63, 3.8) is 0 Å². The van der Waals surface area contributed by atoms with Crippen LogP contribution in [-0.2, 0) is 9.59 Å². The van der Waals surface area contributed by atoms with Gasteiger partial charge in [0.25, 0.3) is 0 Å². The summed E-state index contributed by atoms with van der Waals surface area (Å²) in [6.45, 7) is -3.22. The number of amides is 2. The molecule has 0 saturated carbocycles. The number of benzene rings is 2. The Morgan fingerprint density at radius 3 is 2.43 bits per heavy atom. The molecule has 10 heteroatoms. The fraction of sp³-hybridized carbons (Fsp3) is 0.200. The Hall–Kier alpha value is -2.84. The highest BCUT2D eigenvalue weighted by Crippen LogP contribution is 2.30. The molecule has 30 heavy (non-hydrogen) atoms. The molecule has 0 fully saturated rings. The molecule has 0 aromatic heterocycles. The van der Waals surface area contributed by atoms with E-state index in [-0.39, 0.29) is 33.8 Å². The molecule has 0 aliphatic carbocycles. The van der Waals surface area contributed by atoms with Gasteiger partial charge in [0.15, 0.2) is 11.5 Å². The lowest BCUT2D eigenvalue weighted by atomic mass is 10.2. The summed E-state index contributed by atoms with van der Waals surface area (Å²) in [4.78, 5) is 25.6. The van der Waals surface area contributed by atoms with E-state index in [9.17, 15) is 18.4 Å². The number of alkyl halides is 2. The van der Waals surface area contributed by atoms with E-state index in [2.05, 4.69) is 10.1 Å². The van der Waals surface area contributed by atoms with Crippen LogP contribution in [0, 0.1) is 0 Å². The van der Waals surface area contributed by atoms with Gasteiger partial charge in [0.1, 0.15) is 0 Å². The third-order valence-corrected chi connectivity index (χ3v) is 4.44. The Morgan fingerprint density at radius 1 is 1.17 bits per heavy atom. The molecular formula is C20H18Cl2F2N2O4. The lowest BCUT2D eigenvalue weighted by molar-refractivity contribution is -0.129. The Balaban J connectivity index is 1.99. The number of anilines is 1. The topological polar surface area (TPSA) is 67.9 Å². The molecule has 6 nitrogen and oxygen atoms in total. The van der Waals surface area contributed by atoms with E-state index in [1.807, 2.05) is 0 Å². The molecule has 1 N–H and O–H groups in total. The van der Waals surface area contributed by atoms with Gasteiger partial charge in [-0.3, -0.25) is 9.59 Å². The lowest BCUT2D eigenvalue weighted by Gasteiger charge is -2.16. The number of likely N-dealkylation sites (N-methyl/N-ethyl adjacent to an activating group) is 1. The van der Waals surface area contributed by atoms with E-state index in [0.717, 1.165) is 0 Å². The lowest BCUT2D eigenvalue weighted by Crippen LogP contribution is -2.34. The molecule has 0 unspecified atom stereocenters. The van der Waals surface area contributed by atoms with Gasteiger partial charge < -0.3 is 19.7 Å². The molecule has 160 valence electrons. The van der Waals surface area contributed by atoms with Crippen LogP contribution in [0.4, 0.5) is 14.5 Å². The maximum atomic E-state index is 12.4. The first-order valence-electron chi connectivity index (χ1n) is 8.51. The number of methoxy groups -OCH3 is 1. The van der Waals surface area contributed by atoms with Crippen molar-refractivity contribution in [3.8, 4) is 11.5 Å². The van der Waals surface area contributed by atoms with Gasteiger partial charge in [0.2, 0.25) is 11.8 Å². The van der Waals surface area contributed by atoms with Crippen LogP contribution in [0.25, 0.3) is 6.08 Å². The van der Waals surface area contributed by atoms with Crippen LogP contribution < -0.4 is 14.8 Å². The van der Waals surface area contributed by atoms with Crippen molar-refractivity contribution in [3.05, 3.63) is 58.1 Å². The molecule has 0 spiro atoms. The molecule has 2 aromatic carbocycles. The van der Waals surface area contributed by atoms with E-state index < -0.39 is 18.4 Å². The summed E-state index contributed by atoms with van der Waals surface area (Å²) in [6.07, 6.45) is 2.69. The maximum Gasteiger partial charge on any atom is 0.387 e. The molecule has 2 rings (SSSR count). The number of rotatable bonds is 8. The van der Waals surface area contributed by atoms with Crippen LogP contribution in [0.3, 0.4) is 0 Å². The minimum Gasteiger partial charge on any atom is -0.493 e. The first-order chi connectivity index (χ1) is 14.2. The Labute approximate surface area is 182 Å². The number of nitrogens with one attached hydrogen (secondary N) is 1. The molecule has 0 heterocycles. The number of halogens is 4. The Morgan fingerprint density at radius 2 is 1.83 bits per heavy atom. The zero-order valence-corrected chi connectivity index (χ0v) is 17.5. The van der Waals surface area contributed by atoms with E-state index in [0.29, 0.717) is 5.56 Å². The van der Waals surface area contributed by atoms with Crippen molar-refractivity contribution >= 4 is 46.8 Å². The first-order valence-corrected chi connectivity index (χ1v) is 9.26. The van der Waals surface area contributed by atoms with Gasteiger partial charge in [-0.05, 0) is 35.9 Å². The molecule has 0 aliphatic heterocycles. The summed E-state index contributed by atoms with van der Waals surface area (Å²) < 4.78 is 34.1. The Bertz CT molecular complexity index is 934. The van der Waals surface area contributed by atoms with Crippen LogP contribution in [0.2, 0.25) is 10.0 Å². The highest BCUT2D eigenvalue weighted by Gasteiger charge is 2.14. The van der Waals surface area contributed by atoms with Gasteiger partial charge in [-0.1, -0.05) is 35.3 Å². The summed E-state index contributed by atoms with van der Waals surface area (Å²) in [7, 11) is 2.75. The standard InChI is InChI=1S/C20H18Cl2F2N2O4/c1-26(11-17(27)25-19-13(21)4-3-5-14(19)22)18(28)9-7-12-6-8-15(30-20(23)24)16(10-12)29-2/h3-10,20H,11H2,1-2H3,(H,25,27)/b9-7+. The fourth-order valence-corrected chi connectivity index (χ4v) is 2.86. The van der Waals surface area contributed by atoms with Crippen molar-refractivity contribution < 1.29 is 27.8 Å². The van der Waals surface area contributed by atoms with Crippen molar-refractivity contribution in [2.24, 2.45) is 0 Å². The maximum absolute atomic E-state index is 12.4. The number of carbonyl (C=O) groups is 2. The predicted octanol–water partition coefficient (Wildman–Crippen LogP) is 4.71. The zero-order chi connectivity index (χ0) is 22.3. The molecule has 0 radical (unpaired) electrons. The molecule has 0 bridgehead atoms. The molecule has 0 atom stereocenters. The monoisotopic (exact) mass is 458 g/mol. The van der Waals surface area contributed by atoms with Crippen molar-refractivity contribution in [2.75, 3.05) is 26.0 Å². The Kier molecular flexibility index (Phi) is 8.44. The van der Waals surface area contributed by atoms with Gasteiger partial charge in [-0.25, -0.2) is 0 Å². The van der Waals surface area contributed by atoms with Crippen LogP contribution >= 0.6 is 23.2 Å². The number of carbonyl (C=O) groups excluding carboxylic acids is 2. The predicted molar refractivity (Wildman–Crippen MR) is 111 cm³/mol. The SMILES string of the molecule is COc1cc(/C=C/C(=O)N(C)CC(=O)Nc2c(Cl)cccc2Cl)ccc1OC(F)F. The quantitative estimate of drug-likeness (QED) is 0.581. The molecule has 2 amide bonds. The van der Waals surface area contributed by atoms with Crippen LogP contribution in [0.15, 0.2) is 42.5 Å². The number of hydrogen-bond donors (Lipinski definition) is 1. The van der Waals surface area contributed by atoms with Crippen molar-refractivity contribution in [1.82, 2.24) is 4.90 Å². The van der Waals surface area contributed by atoms with Crippen molar-refractivity contribution in [2.45, 2.75) is 6.61 Å². The normalized spacial score (nSPS) is 10.9. The van der Waals surface area contributed by atoms with Crippen LogP contribution in [-0.4, -0.2) is 44.0 Å². The summed E-state index contributed by atoms with van der Waals surface area (Å²) in [5.74, 6) is -0.969. The largest absolute Gasteiger partial charge is 0.493 e. The average Bonchev–Trinajstić information content (AvgIpc) is 2.69. The van der Waals surface area contributed by atoms with Gasteiger partial charge in [0.05, 0.1) is 29.4 Å². The zero-order valence-electron chi connectivity index (χ0n) is 16.0. The average molecular weight is 459 g/mol. The molecular weight excluding hydrogens is 441 g/mol. The smallest absolute Gasteiger partial charge is 0.387 e. The first kappa shape index (κ1) is 23.4. The molecule has 2 aromatic rings. The van der Waals surface area contributed by atoms with E-state index >= 15 is 0 Å². The second kappa shape index (κ2) is 10.8. The van der Waals surface area contributed by atoms with Crippen LogP contribution in [0.5, 0.6) is 11.5 Å². The number of hydrogen-bond acceptors (Lipinski definition) is 4. The third-order valence-electron chi connectivity index (χ3n) is 3.81. The third kappa shape index (κ3) is 6.60. The molecule has 0 saturated heterocycles. The number of nitrogens with zero attached hydrogens (tertiary/aromatic N) is 1. The van der Waals surface area contributed by atoms with Gasteiger partial charge in [-0.15, -0.1) is 0 Å².